The molecule has 0 saturated carbocycles. The topological polar surface area (TPSA) is 40.1 Å². The van der Waals surface area contributed by atoms with Crippen molar-refractivity contribution in [2.45, 2.75) is 51.9 Å². The van der Waals surface area contributed by atoms with E-state index in [9.17, 15) is 0 Å². The van der Waals surface area contributed by atoms with Crippen LogP contribution in [0.2, 0.25) is 0 Å². The number of nitrogens with zero attached hydrogens (tertiary/aromatic N) is 5. The van der Waals surface area contributed by atoms with Crippen LogP contribution in [0.1, 0.15) is 50.3 Å². The molecule has 0 fully saturated rings. The Balaban J connectivity index is 1.03. The zero-order chi connectivity index (χ0) is 43.8. The molecule has 0 unspecified atom stereocenters. The Morgan fingerprint density at radius 2 is 1.18 bits per heavy atom. The fraction of sp³-hybridized carbons (Fsp3) is 0.172. The number of hydrogen-bond acceptors (Lipinski definition) is 3. The van der Waals surface area contributed by atoms with Crippen molar-refractivity contribution in [3.8, 4) is 50.9 Å². The molecule has 0 atom stereocenters. The van der Waals surface area contributed by atoms with Crippen LogP contribution in [0.15, 0.2) is 158 Å². The quantitative estimate of drug-likeness (QED) is 0.149. The van der Waals surface area contributed by atoms with Crippen molar-refractivity contribution >= 4 is 38.5 Å². The van der Waals surface area contributed by atoms with Crippen molar-refractivity contribution in [1.29, 1.82) is 0 Å². The first-order valence-electron chi connectivity index (χ1n) is 22.7. The number of para-hydroxylation sites is 3. The summed E-state index contributed by atoms with van der Waals surface area (Å²) in [7, 11) is 0. The van der Waals surface area contributed by atoms with Gasteiger partial charge in [0.05, 0.1) is 0 Å². The van der Waals surface area contributed by atoms with Gasteiger partial charge in [0, 0.05) is 6.20 Å². The summed E-state index contributed by atoms with van der Waals surface area (Å²) in [6.45, 7) is 8.92. The molecule has 5 heterocycles. The molecule has 0 aliphatic carbocycles. The second kappa shape index (κ2) is 15.7. The summed E-state index contributed by atoms with van der Waals surface area (Å²) in [5.74, 6) is 2.09. The minimum atomic E-state index is -0.0236. The number of pyridine rings is 1. The SMILES string of the molecule is CC(C)(C)c1ccnc(-n2c3[c-]c(Oc4[c-]c(-n5[c](=[Pt])n(-c6c(-c7ccccc7)c7c8c(c6-c6ccccc6)CCCN8CCC7)c6ccccc65)ccc4)ccc3c3ccccc32)c1. The number of rotatable bonds is 7. The van der Waals surface area contributed by atoms with Crippen LogP contribution in [-0.2, 0) is 37.6 Å². The molecule has 0 bridgehead atoms. The van der Waals surface area contributed by atoms with E-state index in [1.54, 1.807) is 0 Å². The average Bonchev–Trinajstić information content (AvgIpc) is 3.82. The number of benzene rings is 7. The van der Waals surface area contributed by atoms with Crippen LogP contribution in [0.3, 0.4) is 0 Å². The van der Waals surface area contributed by atoms with Crippen LogP contribution in [-0.4, -0.2) is 31.8 Å². The van der Waals surface area contributed by atoms with Crippen LogP contribution in [0, 0.1) is 15.9 Å². The molecule has 7 aromatic carbocycles. The van der Waals surface area contributed by atoms with Crippen LogP contribution in [0.25, 0.3) is 72.3 Å². The summed E-state index contributed by atoms with van der Waals surface area (Å²) >= 11 is 2.55. The van der Waals surface area contributed by atoms with Gasteiger partial charge in [-0.05, 0) is 17.0 Å². The first-order valence-corrected chi connectivity index (χ1v) is 23.8. The van der Waals surface area contributed by atoms with E-state index in [1.165, 1.54) is 50.3 Å². The molecule has 65 heavy (non-hydrogen) atoms. The second-order valence-electron chi connectivity index (χ2n) is 18.3. The van der Waals surface area contributed by atoms with E-state index in [0.717, 1.165) is 86.9 Å². The normalized spacial score (nSPS) is 13.8. The van der Waals surface area contributed by atoms with Gasteiger partial charge >= 0.3 is 336 Å². The summed E-state index contributed by atoms with van der Waals surface area (Å²) in [5.41, 5.74) is 17.1. The molecule has 2 aliphatic rings. The van der Waals surface area contributed by atoms with Gasteiger partial charge in [-0.25, -0.2) is 0 Å². The first kappa shape index (κ1) is 39.8. The van der Waals surface area contributed by atoms with Gasteiger partial charge in [0.25, 0.3) is 0 Å². The van der Waals surface area contributed by atoms with Crippen LogP contribution in [0.5, 0.6) is 11.5 Å². The van der Waals surface area contributed by atoms with E-state index in [1.807, 2.05) is 18.3 Å². The number of hydrogen-bond donors (Lipinski definition) is 0. The van der Waals surface area contributed by atoms with E-state index < -0.39 is 0 Å². The third kappa shape index (κ3) is 6.64. The van der Waals surface area contributed by atoms with Crippen molar-refractivity contribution in [1.82, 2.24) is 18.7 Å². The maximum absolute atomic E-state index is 6.75. The van der Waals surface area contributed by atoms with Gasteiger partial charge in [0.2, 0.25) is 0 Å². The van der Waals surface area contributed by atoms with Gasteiger partial charge in [-0.1, -0.05) is 32.9 Å². The summed E-state index contributed by atoms with van der Waals surface area (Å²) in [6, 6.07) is 61.5. The van der Waals surface area contributed by atoms with Gasteiger partial charge < -0.3 is 0 Å². The Kier molecular flexibility index (Phi) is 9.64. The molecule has 6 nitrogen and oxygen atoms in total. The van der Waals surface area contributed by atoms with Crippen LogP contribution >= 0.6 is 0 Å². The predicted octanol–water partition coefficient (Wildman–Crippen LogP) is 13.7. The first-order chi connectivity index (χ1) is 31.8. The summed E-state index contributed by atoms with van der Waals surface area (Å²) in [4.78, 5) is 7.56. The maximum atomic E-state index is 6.75. The van der Waals surface area contributed by atoms with Crippen molar-refractivity contribution in [2.75, 3.05) is 18.0 Å². The molecule has 10 aromatic rings. The predicted molar refractivity (Wildman–Crippen MR) is 261 cm³/mol. The molecule has 0 amide bonds. The Bertz CT molecular complexity index is 3460. The summed E-state index contributed by atoms with van der Waals surface area (Å²) in [6.07, 6.45) is 6.31. The zero-order valence-corrected chi connectivity index (χ0v) is 39.0. The molecular formula is C58H47N5OPt-2. The molecule has 0 radical (unpaired) electrons. The summed E-state index contributed by atoms with van der Waals surface area (Å²) in [5, 5.41) is 2.25. The molecule has 7 heteroatoms. The molecule has 12 rings (SSSR count). The second-order valence-corrected chi connectivity index (χ2v) is 19.3. The molecular weight excluding hydrogens is 978 g/mol. The van der Waals surface area contributed by atoms with E-state index in [4.69, 9.17) is 9.72 Å². The number of ether oxygens (including phenoxy) is 1. The molecule has 0 spiro atoms. The number of aromatic nitrogens is 4. The monoisotopic (exact) mass is 1020 g/mol. The minimum absolute atomic E-state index is 0.0236. The van der Waals surface area contributed by atoms with Crippen molar-refractivity contribution in [3.05, 3.63) is 190 Å². The van der Waals surface area contributed by atoms with Crippen molar-refractivity contribution in [2.24, 2.45) is 0 Å². The molecule has 3 aromatic heterocycles. The van der Waals surface area contributed by atoms with E-state index >= 15 is 0 Å². The van der Waals surface area contributed by atoms with E-state index in [2.05, 4.69) is 210 Å². The van der Waals surface area contributed by atoms with Gasteiger partial charge in [0.15, 0.2) is 0 Å². The Morgan fingerprint density at radius 3 is 1.86 bits per heavy atom. The standard InChI is InChI=1S/C58H47N5O.Pt/c1-58(2,3)41-31-32-59-53(35-41)63-49-26-11-10-23-45(49)46-30-29-44(37-52(46)63)64-43-22-14-21-42(36-43)61-38-62(51-28-13-12-27-50(51)61)57-54(39-17-6-4-7-18-39)47-24-15-33-60-34-16-25-48(56(47)60)55(57)40-19-8-5-9-20-40;/h4-14,17-23,26-32,35H,15-16,24-25,33-34H2,1-3H3;/q-2;. The molecule has 0 saturated heterocycles. The van der Waals surface area contributed by atoms with Crippen molar-refractivity contribution < 1.29 is 24.1 Å². The Labute approximate surface area is 390 Å². The fourth-order valence-electron chi connectivity index (χ4n) is 10.5. The van der Waals surface area contributed by atoms with Gasteiger partial charge in [-0.15, -0.1) is 0 Å². The molecule has 2 aliphatic heterocycles. The molecule has 0 N–H and O–H groups in total. The van der Waals surface area contributed by atoms with Crippen LogP contribution < -0.4 is 9.64 Å². The number of fused-ring (bicyclic) bond motifs is 4. The van der Waals surface area contributed by atoms with Gasteiger partial charge in [-0.3, -0.25) is 0 Å². The van der Waals surface area contributed by atoms with E-state index in [0.29, 0.717) is 11.5 Å². The van der Waals surface area contributed by atoms with Gasteiger partial charge in [0.1, 0.15) is 0 Å². The Morgan fingerprint density at radius 1 is 0.569 bits per heavy atom. The van der Waals surface area contributed by atoms with Crippen LogP contribution in [0.4, 0.5) is 5.69 Å². The summed E-state index contributed by atoms with van der Waals surface area (Å²) < 4.78 is 14.9. The number of anilines is 1. The third-order valence-electron chi connectivity index (χ3n) is 13.3. The van der Waals surface area contributed by atoms with Gasteiger partial charge in [-0.2, -0.15) is 0 Å². The van der Waals surface area contributed by atoms with Crippen molar-refractivity contribution in [3.63, 3.8) is 0 Å². The Hall–Kier alpha value is -6.75. The zero-order valence-electron chi connectivity index (χ0n) is 36.7. The number of imidazole rings is 1. The van der Waals surface area contributed by atoms with E-state index in [-0.39, 0.29) is 5.41 Å². The third-order valence-corrected chi connectivity index (χ3v) is 14.4. The molecule has 322 valence electrons. The fourth-order valence-corrected chi connectivity index (χ4v) is 11.5. The average molecular weight is 1030 g/mol.